The summed E-state index contributed by atoms with van der Waals surface area (Å²) in [6, 6.07) is 0. The number of nitrogens with zero attached hydrogens (tertiary/aromatic N) is 2. The van der Waals surface area contributed by atoms with Crippen molar-refractivity contribution in [3.8, 4) is 0 Å². The van der Waals surface area contributed by atoms with E-state index in [-0.39, 0.29) is 11.5 Å². The summed E-state index contributed by atoms with van der Waals surface area (Å²) in [4.78, 5) is 4.20. The van der Waals surface area contributed by atoms with Gasteiger partial charge in [-0.15, -0.1) is 0 Å². The van der Waals surface area contributed by atoms with Gasteiger partial charge in [-0.25, -0.2) is 4.98 Å². The van der Waals surface area contributed by atoms with Gasteiger partial charge in [-0.05, 0) is 19.3 Å². The maximum atomic E-state index is 9.92. The van der Waals surface area contributed by atoms with Crippen molar-refractivity contribution in [1.29, 1.82) is 0 Å². The molecule has 80 valence electrons. The quantitative estimate of drug-likeness (QED) is 0.784. The summed E-state index contributed by atoms with van der Waals surface area (Å²) in [5.41, 5.74) is 2.09. The Balaban J connectivity index is 2.75. The Morgan fingerprint density at radius 3 is 2.36 bits per heavy atom. The molecular weight excluding hydrogens is 176 g/mol. The van der Waals surface area contributed by atoms with E-state index in [9.17, 15) is 5.11 Å². The summed E-state index contributed by atoms with van der Waals surface area (Å²) >= 11 is 0. The molecule has 3 nitrogen and oxygen atoms in total. The van der Waals surface area contributed by atoms with Crippen LogP contribution in [0.1, 0.15) is 32.2 Å². The topological polar surface area (TPSA) is 38.0 Å². The molecule has 14 heavy (non-hydrogen) atoms. The molecule has 3 heteroatoms. The van der Waals surface area contributed by atoms with Crippen LogP contribution in [0, 0.1) is 19.3 Å². The molecule has 0 bridgehead atoms. The predicted molar refractivity (Wildman–Crippen MR) is 57.2 cm³/mol. The number of aliphatic hydroxyl groups excluding tert-OH is 1. The third kappa shape index (κ3) is 2.35. The van der Waals surface area contributed by atoms with Gasteiger partial charge in [-0.2, -0.15) is 0 Å². The number of aromatic nitrogens is 2. The van der Waals surface area contributed by atoms with Crippen LogP contribution in [-0.2, 0) is 6.54 Å². The minimum absolute atomic E-state index is 0.0788. The fourth-order valence-corrected chi connectivity index (χ4v) is 1.19. The molecule has 1 aromatic rings. The fraction of sp³-hybridized carbons (Fsp3) is 0.727. The van der Waals surface area contributed by atoms with Crippen LogP contribution in [-0.4, -0.2) is 20.8 Å². The molecule has 0 fully saturated rings. The van der Waals surface area contributed by atoms with Crippen LogP contribution in [0.2, 0.25) is 0 Å². The minimum atomic E-state index is -0.338. The van der Waals surface area contributed by atoms with E-state index in [2.05, 4.69) is 4.98 Å². The summed E-state index contributed by atoms with van der Waals surface area (Å²) in [5.74, 6) is 0. The van der Waals surface area contributed by atoms with Crippen LogP contribution in [0.25, 0.3) is 0 Å². The van der Waals surface area contributed by atoms with E-state index in [1.807, 2.05) is 39.2 Å². The molecule has 1 unspecified atom stereocenters. The Hall–Kier alpha value is -0.830. The first kappa shape index (κ1) is 11.2. The highest BCUT2D eigenvalue weighted by atomic mass is 16.3. The Bertz CT molecular complexity index is 310. The molecule has 0 spiro atoms. The highest BCUT2D eigenvalue weighted by molar-refractivity contribution is 5.08. The van der Waals surface area contributed by atoms with Crippen LogP contribution in [0.15, 0.2) is 6.33 Å². The molecule has 0 saturated heterocycles. The van der Waals surface area contributed by atoms with Gasteiger partial charge in [0.05, 0.1) is 24.7 Å². The lowest BCUT2D eigenvalue weighted by molar-refractivity contribution is 0.0476. The number of aryl methyl sites for hydroxylation is 1. The molecule has 0 aliphatic heterocycles. The van der Waals surface area contributed by atoms with Crippen LogP contribution in [0.3, 0.4) is 0 Å². The molecule has 1 heterocycles. The smallest absolute Gasteiger partial charge is 0.0952 e. The molecule has 0 aromatic carbocycles. The predicted octanol–water partition coefficient (Wildman–Crippen LogP) is 1.91. The number of hydrogen-bond acceptors (Lipinski definition) is 2. The zero-order chi connectivity index (χ0) is 10.9. The van der Waals surface area contributed by atoms with Gasteiger partial charge in [0.25, 0.3) is 0 Å². The second-order valence-electron chi connectivity index (χ2n) is 4.95. The van der Waals surface area contributed by atoms with E-state index in [4.69, 9.17) is 0 Å². The van der Waals surface area contributed by atoms with Crippen molar-refractivity contribution < 1.29 is 5.11 Å². The van der Waals surface area contributed by atoms with Crippen molar-refractivity contribution in [1.82, 2.24) is 9.55 Å². The monoisotopic (exact) mass is 196 g/mol. The van der Waals surface area contributed by atoms with Crippen LogP contribution in [0.5, 0.6) is 0 Å². The third-order valence-electron chi connectivity index (χ3n) is 2.71. The van der Waals surface area contributed by atoms with Crippen molar-refractivity contribution in [2.24, 2.45) is 5.41 Å². The van der Waals surface area contributed by atoms with Crippen molar-refractivity contribution in [2.75, 3.05) is 0 Å². The van der Waals surface area contributed by atoms with Gasteiger partial charge in [0.2, 0.25) is 0 Å². The Kier molecular flexibility index (Phi) is 3.00. The van der Waals surface area contributed by atoms with E-state index < -0.39 is 0 Å². The SMILES string of the molecule is Cc1ncn(CC(O)C(C)(C)C)c1C. The summed E-state index contributed by atoms with van der Waals surface area (Å²) in [6.45, 7) is 10.7. The van der Waals surface area contributed by atoms with Gasteiger partial charge < -0.3 is 9.67 Å². The van der Waals surface area contributed by atoms with E-state index >= 15 is 0 Å². The molecule has 0 amide bonds. The molecule has 1 aromatic heterocycles. The molecule has 0 aliphatic carbocycles. The zero-order valence-electron chi connectivity index (χ0n) is 9.70. The second-order valence-corrected chi connectivity index (χ2v) is 4.95. The summed E-state index contributed by atoms with van der Waals surface area (Å²) in [5, 5.41) is 9.92. The maximum Gasteiger partial charge on any atom is 0.0952 e. The van der Waals surface area contributed by atoms with Crippen molar-refractivity contribution >= 4 is 0 Å². The average molecular weight is 196 g/mol. The van der Waals surface area contributed by atoms with Gasteiger partial charge in [-0.1, -0.05) is 20.8 Å². The van der Waals surface area contributed by atoms with Crippen molar-refractivity contribution in [3.63, 3.8) is 0 Å². The number of rotatable bonds is 2. The molecular formula is C11H20N2O. The van der Waals surface area contributed by atoms with Crippen LogP contribution < -0.4 is 0 Å². The lowest BCUT2D eigenvalue weighted by atomic mass is 9.89. The Morgan fingerprint density at radius 2 is 2.00 bits per heavy atom. The maximum absolute atomic E-state index is 9.92. The third-order valence-corrected chi connectivity index (χ3v) is 2.71. The van der Waals surface area contributed by atoms with Crippen molar-refractivity contribution in [2.45, 2.75) is 47.3 Å². The van der Waals surface area contributed by atoms with Gasteiger partial charge in [-0.3, -0.25) is 0 Å². The van der Waals surface area contributed by atoms with E-state index in [0.29, 0.717) is 6.54 Å². The molecule has 0 radical (unpaired) electrons. The minimum Gasteiger partial charge on any atom is -0.391 e. The number of aliphatic hydroxyl groups is 1. The number of hydrogen-bond donors (Lipinski definition) is 1. The van der Waals surface area contributed by atoms with E-state index in [0.717, 1.165) is 11.4 Å². The van der Waals surface area contributed by atoms with Gasteiger partial charge in [0, 0.05) is 5.69 Å². The lowest BCUT2D eigenvalue weighted by Gasteiger charge is -2.26. The average Bonchev–Trinajstić information content (AvgIpc) is 2.34. The highest BCUT2D eigenvalue weighted by Gasteiger charge is 2.22. The fourth-order valence-electron chi connectivity index (χ4n) is 1.19. The lowest BCUT2D eigenvalue weighted by Crippen LogP contribution is -2.30. The summed E-state index contributed by atoms with van der Waals surface area (Å²) in [6.07, 6.45) is 1.45. The second kappa shape index (κ2) is 3.73. The summed E-state index contributed by atoms with van der Waals surface area (Å²) < 4.78 is 2.01. The first-order chi connectivity index (χ1) is 6.32. The highest BCUT2D eigenvalue weighted by Crippen LogP contribution is 2.21. The zero-order valence-corrected chi connectivity index (χ0v) is 9.70. The molecule has 1 atom stereocenters. The van der Waals surface area contributed by atoms with Gasteiger partial charge in [0.1, 0.15) is 0 Å². The van der Waals surface area contributed by atoms with E-state index in [1.165, 1.54) is 0 Å². The Labute approximate surface area is 85.8 Å². The van der Waals surface area contributed by atoms with E-state index in [1.54, 1.807) is 6.33 Å². The molecule has 1 rings (SSSR count). The first-order valence-electron chi connectivity index (χ1n) is 4.98. The molecule has 0 aliphatic rings. The van der Waals surface area contributed by atoms with Gasteiger partial charge >= 0.3 is 0 Å². The first-order valence-corrected chi connectivity index (χ1v) is 4.98. The largest absolute Gasteiger partial charge is 0.391 e. The van der Waals surface area contributed by atoms with Crippen molar-refractivity contribution in [3.05, 3.63) is 17.7 Å². The standard InChI is InChI=1S/C11H20N2O/c1-8-9(2)13(7-12-8)6-10(14)11(3,4)5/h7,10,14H,6H2,1-5H3. The van der Waals surface area contributed by atoms with Gasteiger partial charge in [0.15, 0.2) is 0 Å². The normalized spacial score (nSPS) is 14.4. The molecule has 1 N–H and O–H groups in total. The van der Waals surface area contributed by atoms with Crippen LogP contribution in [0.4, 0.5) is 0 Å². The summed E-state index contributed by atoms with van der Waals surface area (Å²) in [7, 11) is 0. The van der Waals surface area contributed by atoms with Crippen LogP contribution >= 0.6 is 0 Å². The molecule has 0 saturated carbocycles. The Morgan fingerprint density at radius 1 is 1.43 bits per heavy atom. The number of imidazole rings is 1.